The normalized spacial score (nSPS) is 21.9. The number of hydrogen-bond donors (Lipinski definition) is 1. The molecule has 1 aliphatic carbocycles. The topological polar surface area (TPSA) is 122 Å². The molecule has 0 radical (unpaired) electrons. The van der Waals surface area contributed by atoms with Crippen molar-refractivity contribution in [2.45, 2.75) is 32.6 Å². The van der Waals surface area contributed by atoms with E-state index in [2.05, 4.69) is 5.32 Å². The van der Waals surface area contributed by atoms with Crippen LogP contribution in [-0.4, -0.2) is 23.3 Å². The van der Waals surface area contributed by atoms with Gasteiger partial charge in [-0.25, -0.2) is 4.79 Å². The van der Waals surface area contributed by atoms with Crippen LogP contribution in [0.4, 0.5) is 5.69 Å². The Kier molecular flexibility index (Phi) is 4.98. The summed E-state index contributed by atoms with van der Waals surface area (Å²) >= 11 is 0. The highest BCUT2D eigenvalue weighted by Crippen LogP contribution is 2.45. The lowest BCUT2D eigenvalue weighted by atomic mass is 9.71. The van der Waals surface area contributed by atoms with Gasteiger partial charge in [-0.3, -0.25) is 14.9 Å². The number of nitro groups is 1. The second-order valence-electron chi connectivity index (χ2n) is 6.49. The van der Waals surface area contributed by atoms with Gasteiger partial charge >= 0.3 is 5.97 Å². The molecule has 1 aliphatic heterocycles. The first-order valence-corrected chi connectivity index (χ1v) is 8.68. The first kappa shape index (κ1) is 18.6. The molecule has 8 nitrogen and oxygen atoms in total. The van der Waals surface area contributed by atoms with Gasteiger partial charge in [-0.2, -0.15) is 0 Å². The van der Waals surface area contributed by atoms with E-state index in [1.807, 2.05) is 6.08 Å². The zero-order valence-corrected chi connectivity index (χ0v) is 15.0. The van der Waals surface area contributed by atoms with Crippen molar-refractivity contribution in [1.29, 1.82) is 0 Å². The second-order valence-corrected chi connectivity index (χ2v) is 6.49. The third-order valence-corrected chi connectivity index (χ3v) is 4.85. The fraction of sp³-hybridized carbons (Fsp3) is 0.368. The molecule has 0 fully saturated rings. The largest absolute Gasteiger partial charge is 0.868 e. The summed E-state index contributed by atoms with van der Waals surface area (Å²) in [5.41, 5.74) is 1.25. The van der Waals surface area contributed by atoms with Crippen molar-refractivity contribution in [3.8, 4) is 5.75 Å². The molecule has 3 rings (SSSR count). The van der Waals surface area contributed by atoms with Crippen LogP contribution in [0.25, 0.3) is 0 Å². The molecule has 2 aliphatic rings. The maximum Gasteiger partial charge on any atom is 0.336 e. The maximum absolute atomic E-state index is 12.7. The number of nitrogens with one attached hydrogen (secondary N) is 1. The summed E-state index contributed by atoms with van der Waals surface area (Å²) in [5, 5.41) is 26.1. The first-order valence-electron chi connectivity index (χ1n) is 8.68. The summed E-state index contributed by atoms with van der Waals surface area (Å²) in [4.78, 5) is 35.7. The number of carbonyl (C=O) groups is 2. The van der Waals surface area contributed by atoms with Crippen LogP contribution in [0.2, 0.25) is 0 Å². The molecule has 142 valence electrons. The summed E-state index contributed by atoms with van der Waals surface area (Å²) in [6, 6.07) is 3.70. The molecular weight excluding hydrogens is 352 g/mol. The predicted octanol–water partition coefficient (Wildman–Crippen LogP) is 2.06. The van der Waals surface area contributed by atoms with E-state index < -0.39 is 34.2 Å². The SMILES string of the molecule is CCOC(=O)C1=C(C)NC2=CCCC(=O)C2C1c1ccc([O-])c([N+](=O)[O-])c1. The Morgan fingerprint density at radius 2 is 2.11 bits per heavy atom. The van der Waals surface area contributed by atoms with Crippen molar-refractivity contribution < 1.29 is 24.4 Å². The lowest BCUT2D eigenvalue weighted by Crippen LogP contribution is -2.40. The number of esters is 1. The summed E-state index contributed by atoms with van der Waals surface area (Å²) < 4.78 is 5.16. The van der Waals surface area contributed by atoms with Gasteiger partial charge in [-0.15, -0.1) is 0 Å². The average Bonchev–Trinajstić information content (AvgIpc) is 2.61. The zero-order chi connectivity index (χ0) is 19.7. The van der Waals surface area contributed by atoms with Crippen molar-refractivity contribution >= 4 is 17.4 Å². The Bertz CT molecular complexity index is 886. The summed E-state index contributed by atoms with van der Waals surface area (Å²) in [7, 11) is 0. The Labute approximate surface area is 155 Å². The van der Waals surface area contributed by atoms with Crippen LogP contribution in [0.15, 0.2) is 41.2 Å². The third-order valence-electron chi connectivity index (χ3n) is 4.85. The molecule has 1 N–H and O–H groups in total. The van der Waals surface area contributed by atoms with E-state index in [-0.39, 0.29) is 18.0 Å². The number of benzene rings is 1. The van der Waals surface area contributed by atoms with E-state index in [1.54, 1.807) is 13.8 Å². The molecule has 0 saturated heterocycles. The van der Waals surface area contributed by atoms with Gasteiger partial charge in [0.2, 0.25) is 0 Å². The molecule has 0 saturated carbocycles. The number of nitro benzene ring substituents is 1. The highest BCUT2D eigenvalue weighted by Gasteiger charge is 2.43. The Balaban J connectivity index is 2.21. The van der Waals surface area contributed by atoms with E-state index in [9.17, 15) is 24.8 Å². The van der Waals surface area contributed by atoms with Crippen LogP contribution >= 0.6 is 0 Å². The van der Waals surface area contributed by atoms with Gasteiger partial charge in [-0.05, 0) is 31.6 Å². The van der Waals surface area contributed by atoms with E-state index in [4.69, 9.17) is 4.74 Å². The number of hydrogen-bond acceptors (Lipinski definition) is 7. The van der Waals surface area contributed by atoms with Gasteiger partial charge in [0.05, 0.1) is 23.0 Å². The fourth-order valence-corrected chi connectivity index (χ4v) is 3.72. The van der Waals surface area contributed by atoms with E-state index in [1.165, 1.54) is 6.07 Å². The number of allylic oxidation sites excluding steroid dienone is 3. The molecule has 0 amide bonds. The van der Waals surface area contributed by atoms with Gasteiger partial charge in [0.15, 0.2) is 0 Å². The van der Waals surface area contributed by atoms with E-state index in [0.717, 1.165) is 12.1 Å². The van der Waals surface area contributed by atoms with Crippen molar-refractivity contribution in [3.63, 3.8) is 0 Å². The molecule has 1 aromatic carbocycles. The van der Waals surface area contributed by atoms with Gasteiger partial charge in [0, 0.05) is 29.8 Å². The smallest absolute Gasteiger partial charge is 0.336 e. The molecule has 8 heteroatoms. The Hall–Kier alpha value is -3.16. The minimum absolute atomic E-state index is 0.0619. The van der Waals surface area contributed by atoms with Crippen LogP contribution < -0.4 is 10.4 Å². The van der Waals surface area contributed by atoms with Gasteiger partial charge in [0.1, 0.15) is 5.78 Å². The highest BCUT2D eigenvalue weighted by atomic mass is 16.6. The molecular formula is C19H19N2O6-. The highest BCUT2D eigenvalue weighted by molar-refractivity contribution is 5.96. The first-order chi connectivity index (χ1) is 12.8. The van der Waals surface area contributed by atoms with Crippen molar-refractivity contribution in [1.82, 2.24) is 5.32 Å². The fourth-order valence-electron chi connectivity index (χ4n) is 3.72. The van der Waals surface area contributed by atoms with Crippen LogP contribution in [0.3, 0.4) is 0 Å². The number of ketones is 1. The number of rotatable bonds is 4. The van der Waals surface area contributed by atoms with Crippen molar-refractivity contribution in [2.24, 2.45) is 5.92 Å². The van der Waals surface area contributed by atoms with E-state index >= 15 is 0 Å². The minimum atomic E-state index is -0.757. The molecule has 1 heterocycles. The maximum atomic E-state index is 12.7. The Morgan fingerprint density at radius 1 is 1.37 bits per heavy atom. The summed E-state index contributed by atoms with van der Waals surface area (Å²) in [6.45, 7) is 3.53. The van der Waals surface area contributed by atoms with Gasteiger partial charge < -0.3 is 15.2 Å². The molecule has 0 bridgehead atoms. The predicted molar refractivity (Wildman–Crippen MR) is 93.6 cm³/mol. The summed E-state index contributed by atoms with van der Waals surface area (Å²) in [5.74, 6) is -2.78. The molecule has 0 aromatic heterocycles. The zero-order valence-electron chi connectivity index (χ0n) is 15.0. The van der Waals surface area contributed by atoms with Gasteiger partial charge in [-0.1, -0.05) is 18.2 Å². The molecule has 2 atom stereocenters. The monoisotopic (exact) mass is 371 g/mol. The van der Waals surface area contributed by atoms with Crippen LogP contribution in [0.5, 0.6) is 5.75 Å². The van der Waals surface area contributed by atoms with Crippen LogP contribution in [0.1, 0.15) is 38.2 Å². The average molecular weight is 371 g/mol. The molecule has 2 unspecified atom stereocenters. The third kappa shape index (κ3) is 3.30. The van der Waals surface area contributed by atoms with Gasteiger partial charge in [0.25, 0.3) is 5.69 Å². The number of fused-ring (bicyclic) bond motifs is 1. The standard InChI is InChI=1S/C19H20N2O6/c1-3-27-19(24)16-10(2)20-12-5-4-6-15(23)18(12)17(16)11-7-8-14(22)13(9-11)21(25)26/h5,7-9,17-18,20,22H,3-4,6H2,1-2H3/p-1. The summed E-state index contributed by atoms with van der Waals surface area (Å²) in [6.07, 6.45) is 2.82. The lowest BCUT2D eigenvalue weighted by Gasteiger charge is -2.38. The number of Topliss-reactive ketones (excluding diaryl/α,β-unsaturated/α-hetero) is 1. The lowest BCUT2D eigenvalue weighted by molar-refractivity contribution is -0.398. The quantitative estimate of drug-likeness (QED) is 0.488. The molecule has 27 heavy (non-hydrogen) atoms. The number of nitrogens with zero attached hydrogens (tertiary/aromatic N) is 1. The van der Waals surface area contributed by atoms with Crippen molar-refractivity contribution in [2.75, 3.05) is 6.61 Å². The minimum Gasteiger partial charge on any atom is -0.868 e. The van der Waals surface area contributed by atoms with E-state index in [0.29, 0.717) is 29.8 Å². The Morgan fingerprint density at radius 3 is 2.78 bits per heavy atom. The van der Waals surface area contributed by atoms with Crippen LogP contribution in [0, 0.1) is 16.0 Å². The van der Waals surface area contributed by atoms with Crippen LogP contribution in [-0.2, 0) is 14.3 Å². The second kappa shape index (κ2) is 7.22. The number of ether oxygens (including phenoxy) is 1. The molecule has 1 aromatic rings. The van der Waals surface area contributed by atoms with Crippen molar-refractivity contribution in [3.05, 3.63) is 56.9 Å². The number of carbonyl (C=O) groups excluding carboxylic acids is 2. The molecule has 0 spiro atoms.